The first-order valence-corrected chi connectivity index (χ1v) is 8.45. The van der Waals surface area contributed by atoms with Crippen LogP contribution >= 0.6 is 0 Å². The molecule has 0 spiro atoms. The van der Waals surface area contributed by atoms with Crippen LogP contribution in [0.15, 0.2) is 0 Å². The normalized spacial score (nSPS) is 20.9. The van der Waals surface area contributed by atoms with Crippen LogP contribution in [-0.4, -0.2) is 13.8 Å². The first kappa shape index (κ1) is 16.6. The highest BCUT2D eigenvalue weighted by atomic mass is 14.5. The van der Waals surface area contributed by atoms with Gasteiger partial charge in [0.1, 0.15) is 0 Å². The molecule has 1 aliphatic carbocycles. The molecule has 0 atom stereocenters. The number of rotatable bonds is 1. The number of hydrogen-bond acceptors (Lipinski definition) is 1. The molecule has 0 saturated heterocycles. The van der Waals surface area contributed by atoms with Crippen LogP contribution in [0.2, 0.25) is 5.82 Å². The Kier molecular flexibility index (Phi) is 11.0. The third-order valence-electron chi connectivity index (χ3n) is 4.17. The zero-order chi connectivity index (χ0) is 13.6. The highest BCUT2D eigenvalue weighted by Crippen LogP contribution is 2.23. The molecule has 19 heavy (non-hydrogen) atoms. The van der Waals surface area contributed by atoms with Crippen LogP contribution in [0.1, 0.15) is 83.5 Å². The minimum atomic E-state index is 0.489. The monoisotopic (exact) mass is 260 g/mol. The van der Waals surface area contributed by atoms with Gasteiger partial charge in [0.15, 0.2) is 0 Å². The summed E-state index contributed by atoms with van der Waals surface area (Å²) < 4.78 is 0. The molecule has 1 nitrogen and oxygen atoms in total. The van der Waals surface area contributed by atoms with E-state index in [4.69, 9.17) is 5.73 Å². The maximum Gasteiger partial charge on any atom is 0.219 e. The van der Waals surface area contributed by atoms with E-state index >= 15 is 0 Å². The zero-order valence-corrected chi connectivity index (χ0v) is 12.6. The highest BCUT2D eigenvalue weighted by molar-refractivity contribution is 6.47. The van der Waals surface area contributed by atoms with Crippen LogP contribution in [0, 0.1) is 11.7 Å². The van der Waals surface area contributed by atoms with Crippen molar-refractivity contribution in [3.63, 3.8) is 0 Å². The summed E-state index contributed by atoms with van der Waals surface area (Å²) >= 11 is 0. The van der Waals surface area contributed by atoms with Gasteiger partial charge in [-0.15, -0.1) is 5.92 Å². The van der Waals surface area contributed by atoms with Crippen molar-refractivity contribution in [3.8, 4) is 11.7 Å². The minimum Gasteiger partial charge on any atom is -0.320 e. The van der Waals surface area contributed by atoms with Crippen LogP contribution < -0.4 is 5.73 Å². The molecule has 1 fully saturated rings. The van der Waals surface area contributed by atoms with Crippen LogP contribution in [0.3, 0.4) is 0 Å². The van der Waals surface area contributed by atoms with E-state index in [0.717, 1.165) is 0 Å². The molecule has 0 bridgehead atoms. The topological polar surface area (TPSA) is 26.0 Å². The Labute approximate surface area is 121 Å². The van der Waals surface area contributed by atoms with Gasteiger partial charge in [0.2, 0.25) is 7.28 Å². The summed E-state index contributed by atoms with van der Waals surface area (Å²) in [5, 5.41) is 0. The van der Waals surface area contributed by atoms with Crippen molar-refractivity contribution in [2.45, 2.75) is 89.3 Å². The van der Waals surface area contributed by atoms with Crippen LogP contribution in [-0.2, 0) is 0 Å². The van der Waals surface area contributed by atoms with E-state index in [1.165, 1.54) is 83.5 Å². The fourth-order valence-corrected chi connectivity index (χ4v) is 2.95. The van der Waals surface area contributed by atoms with Crippen LogP contribution in [0.5, 0.6) is 0 Å². The van der Waals surface area contributed by atoms with Crippen molar-refractivity contribution in [1.29, 1.82) is 0 Å². The van der Waals surface area contributed by atoms with Crippen molar-refractivity contribution < 1.29 is 0 Å². The molecule has 1 aliphatic rings. The van der Waals surface area contributed by atoms with E-state index in [0.29, 0.717) is 12.4 Å². The lowest BCUT2D eigenvalue weighted by atomic mass is 9.61. The maximum absolute atomic E-state index is 5.42. The second kappa shape index (κ2) is 12.6. The van der Waals surface area contributed by atoms with Gasteiger partial charge in [0.25, 0.3) is 0 Å². The molecule has 107 valence electrons. The van der Waals surface area contributed by atoms with Crippen molar-refractivity contribution in [2.24, 2.45) is 5.73 Å². The molecule has 0 amide bonds. The lowest BCUT2D eigenvalue weighted by Crippen LogP contribution is -2.04. The summed E-state index contributed by atoms with van der Waals surface area (Å²) in [5.74, 6) is 6.82. The molecular formula is C17H31BN. The Morgan fingerprint density at radius 1 is 0.737 bits per heavy atom. The smallest absolute Gasteiger partial charge is 0.219 e. The minimum absolute atomic E-state index is 0.489. The Hall–Kier alpha value is -0.415. The fraction of sp³-hybridized carbons (Fsp3) is 0.882. The van der Waals surface area contributed by atoms with Gasteiger partial charge < -0.3 is 5.73 Å². The van der Waals surface area contributed by atoms with E-state index < -0.39 is 0 Å². The molecule has 2 N–H and O–H groups in total. The standard InChI is InChI=1S/C17H31BN/c19-16-12-15-18-17-13-10-8-6-4-2-1-3-5-7-9-11-14-17/h17H,1-11,13-14,16,19H2. The van der Waals surface area contributed by atoms with Gasteiger partial charge >= 0.3 is 0 Å². The lowest BCUT2D eigenvalue weighted by molar-refractivity contribution is 0.503. The van der Waals surface area contributed by atoms with Gasteiger partial charge in [-0.2, -0.15) is 5.82 Å². The zero-order valence-electron chi connectivity index (χ0n) is 12.6. The summed E-state index contributed by atoms with van der Waals surface area (Å²) in [6, 6.07) is 0. The van der Waals surface area contributed by atoms with E-state index in [1.807, 2.05) is 0 Å². The van der Waals surface area contributed by atoms with Gasteiger partial charge in [0.05, 0.1) is 6.54 Å². The molecule has 1 rings (SSSR count). The van der Waals surface area contributed by atoms with Crippen LogP contribution in [0.25, 0.3) is 0 Å². The molecule has 2 heteroatoms. The molecule has 0 unspecified atom stereocenters. The van der Waals surface area contributed by atoms with Gasteiger partial charge in [-0.1, -0.05) is 89.3 Å². The fourth-order valence-electron chi connectivity index (χ4n) is 2.95. The third kappa shape index (κ3) is 10.1. The van der Waals surface area contributed by atoms with Crippen molar-refractivity contribution in [1.82, 2.24) is 0 Å². The molecule has 0 aromatic heterocycles. The van der Waals surface area contributed by atoms with Crippen molar-refractivity contribution in [2.75, 3.05) is 6.54 Å². The average Bonchev–Trinajstić information content (AvgIpc) is 2.43. The van der Waals surface area contributed by atoms with Crippen molar-refractivity contribution >= 4 is 7.28 Å². The Morgan fingerprint density at radius 3 is 1.58 bits per heavy atom. The second-order valence-electron chi connectivity index (χ2n) is 5.92. The Balaban J connectivity index is 2.27. The molecule has 1 saturated carbocycles. The predicted octanol–water partition coefficient (Wildman–Crippen LogP) is 4.48. The SMILES string of the molecule is NCC#C[B]C1CCCCCCCCCCCCC1. The lowest BCUT2D eigenvalue weighted by Gasteiger charge is -2.14. The molecule has 0 aromatic rings. The Bertz CT molecular complexity index is 240. The molecule has 1 radical (unpaired) electrons. The summed E-state index contributed by atoms with van der Waals surface area (Å²) in [6.45, 7) is 0.489. The quantitative estimate of drug-likeness (QED) is 0.545. The van der Waals surface area contributed by atoms with Gasteiger partial charge in [-0.25, -0.2) is 0 Å². The van der Waals surface area contributed by atoms with Gasteiger partial charge in [-0.3, -0.25) is 0 Å². The maximum atomic E-state index is 5.42. The van der Waals surface area contributed by atoms with Gasteiger partial charge in [0, 0.05) is 0 Å². The molecular weight excluding hydrogens is 229 g/mol. The second-order valence-corrected chi connectivity index (χ2v) is 5.92. The first-order chi connectivity index (χ1) is 9.43. The van der Waals surface area contributed by atoms with Gasteiger partial charge in [-0.05, 0) is 0 Å². The first-order valence-electron chi connectivity index (χ1n) is 8.45. The Morgan fingerprint density at radius 2 is 1.16 bits per heavy atom. The summed E-state index contributed by atoms with van der Waals surface area (Å²) in [4.78, 5) is 0. The third-order valence-corrected chi connectivity index (χ3v) is 4.17. The number of nitrogens with two attached hydrogens (primary N) is 1. The highest BCUT2D eigenvalue weighted by Gasteiger charge is 2.09. The predicted molar refractivity (Wildman–Crippen MR) is 86.4 cm³/mol. The molecule has 0 heterocycles. The molecule has 0 aromatic carbocycles. The van der Waals surface area contributed by atoms with E-state index in [9.17, 15) is 0 Å². The summed E-state index contributed by atoms with van der Waals surface area (Å²) in [5.41, 5.74) is 5.42. The largest absolute Gasteiger partial charge is 0.320 e. The summed E-state index contributed by atoms with van der Waals surface area (Å²) in [6.07, 6.45) is 18.4. The van der Waals surface area contributed by atoms with Crippen molar-refractivity contribution in [3.05, 3.63) is 0 Å². The van der Waals surface area contributed by atoms with E-state index in [1.54, 1.807) is 0 Å². The summed E-state index contributed by atoms with van der Waals surface area (Å²) in [7, 11) is 2.22. The number of hydrogen-bond donors (Lipinski definition) is 1. The molecule has 0 aliphatic heterocycles. The van der Waals surface area contributed by atoms with E-state index in [-0.39, 0.29) is 0 Å². The van der Waals surface area contributed by atoms with E-state index in [2.05, 4.69) is 19.0 Å². The van der Waals surface area contributed by atoms with Crippen LogP contribution in [0.4, 0.5) is 0 Å². The average molecular weight is 260 g/mol.